The summed E-state index contributed by atoms with van der Waals surface area (Å²) in [4.78, 5) is 20.3. The van der Waals surface area contributed by atoms with E-state index >= 15 is 0 Å². The van der Waals surface area contributed by atoms with Gasteiger partial charge < -0.3 is 20.4 Å². The summed E-state index contributed by atoms with van der Waals surface area (Å²) in [5.41, 5.74) is 0.402. The zero-order valence-electron chi connectivity index (χ0n) is 23.3. The first-order valence-electron chi connectivity index (χ1n) is 14.3. The van der Waals surface area contributed by atoms with E-state index in [1.54, 1.807) is 0 Å². The Hall–Kier alpha value is -1.66. The molecule has 1 atom stereocenters. The molecule has 6 heteroatoms. The number of carboxylic acids is 2. The van der Waals surface area contributed by atoms with Crippen LogP contribution in [-0.2, 0) is 9.59 Å². The molecule has 0 aliphatic carbocycles. The fourth-order valence-corrected chi connectivity index (χ4v) is 3.91. The summed E-state index contributed by atoms with van der Waals surface area (Å²) in [6, 6.07) is 0. The maximum absolute atomic E-state index is 10.7. The third-order valence-electron chi connectivity index (χ3n) is 6.30. The van der Waals surface area contributed by atoms with Crippen LogP contribution >= 0.6 is 0 Å². The molecular formula is C30H56O6. The molecular weight excluding hydrogens is 456 g/mol. The van der Waals surface area contributed by atoms with E-state index in [2.05, 4.69) is 6.58 Å². The van der Waals surface area contributed by atoms with Crippen LogP contribution in [0.25, 0.3) is 0 Å². The summed E-state index contributed by atoms with van der Waals surface area (Å²) in [6.07, 6.45) is 26.0. The molecule has 0 spiro atoms. The van der Waals surface area contributed by atoms with Gasteiger partial charge in [0.15, 0.2) is 0 Å². The fraction of sp³-hybridized carbons (Fsp3) is 0.800. The van der Waals surface area contributed by atoms with Crippen LogP contribution in [0.15, 0.2) is 23.8 Å². The fourth-order valence-electron chi connectivity index (χ4n) is 3.91. The van der Waals surface area contributed by atoms with Gasteiger partial charge in [0, 0.05) is 17.8 Å². The number of rotatable bonds is 24. The molecule has 6 nitrogen and oxygen atoms in total. The number of aliphatic hydroxyl groups excluding tert-OH is 2. The van der Waals surface area contributed by atoms with Crippen LogP contribution in [0.4, 0.5) is 0 Å². The SMILES string of the molecule is C=C(C)C(=O)O.CC(=CC(O)CCCCCCCCCCCCCCCCCCCCCO)C(=O)O. The van der Waals surface area contributed by atoms with Crippen molar-refractivity contribution in [2.75, 3.05) is 6.61 Å². The first kappa shape index (κ1) is 36.5. The number of aliphatic carboxylic acids is 2. The van der Waals surface area contributed by atoms with Crippen molar-refractivity contribution in [3.63, 3.8) is 0 Å². The minimum Gasteiger partial charge on any atom is -0.478 e. The Morgan fingerprint density at radius 3 is 1.14 bits per heavy atom. The summed E-state index contributed by atoms with van der Waals surface area (Å²) in [5, 5.41) is 35.2. The highest BCUT2D eigenvalue weighted by molar-refractivity contribution is 5.85. The van der Waals surface area contributed by atoms with Gasteiger partial charge in [0.1, 0.15) is 0 Å². The average Bonchev–Trinajstić information content (AvgIpc) is 2.83. The van der Waals surface area contributed by atoms with E-state index in [0.717, 1.165) is 19.3 Å². The average molecular weight is 513 g/mol. The standard InChI is InChI=1S/C26H50O4.C4H6O2/c1-24(26(29)30)23-25(28)21-19-17-15-13-11-9-7-5-3-2-4-6-8-10-12-14-16-18-20-22-27;1-3(2)4(5)6/h23,25,27-28H,2-22H2,1H3,(H,29,30);1H2,2H3,(H,5,6). The lowest BCUT2D eigenvalue weighted by Crippen LogP contribution is -2.06. The van der Waals surface area contributed by atoms with E-state index in [1.165, 1.54) is 123 Å². The Balaban J connectivity index is 0. The molecule has 0 saturated heterocycles. The Bertz CT molecular complexity index is 558. The first-order valence-corrected chi connectivity index (χ1v) is 14.3. The second-order valence-electron chi connectivity index (χ2n) is 10.0. The maximum Gasteiger partial charge on any atom is 0.331 e. The van der Waals surface area contributed by atoms with Crippen molar-refractivity contribution in [1.29, 1.82) is 0 Å². The van der Waals surface area contributed by atoms with Crippen LogP contribution in [0.5, 0.6) is 0 Å². The molecule has 0 saturated carbocycles. The largest absolute Gasteiger partial charge is 0.478 e. The first-order chi connectivity index (χ1) is 17.2. The van der Waals surface area contributed by atoms with E-state index in [0.29, 0.717) is 13.0 Å². The minimum atomic E-state index is -0.953. The van der Waals surface area contributed by atoms with E-state index in [9.17, 15) is 14.7 Å². The lowest BCUT2D eigenvalue weighted by atomic mass is 10.0. The normalized spacial score (nSPS) is 12.1. The quantitative estimate of drug-likeness (QED) is 0.0774. The number of hydrogen-bond donors (Lipinski definition) is 4. The van der Waals surface area contributed by atoms with Crippen molar-refractivity contribution < 1.29 is 30.0 Å². The Labute approximate surface area is 220 Å². The molecule has 0 rings (SSSR count). The number of hydrogen-bond acceptors (Lipinski definition) is 4. The summed E-state index contributed by atoms with van der Waals surface area (Å²) in [6.45, 7) is 6.48. The highest BCUT2D eigenvalue weighted by atomic mass is 16.4. The van der Waals surface area contributed by atoms with Crippen LogP contribution < -0.4 is 0 Å². The van der Waals surface area contributed by atoms with Crippen LogP contribution in [-0.4, -0.2) is 45.1 Å². The molecule has 0 aliphatic heterocycles. The predicted molar refractivity (Wildman–Crippen MR) is 149 cm³/mol. The van der Waals surface area contributed by atoms with Gasteiger partial charge in [-0.2, -0.15) is 0 Å². The van der Waals surface area contributed by atoms with Gasteiger partial charge in [0.25, 0.3) is 0 Å². The lowest BCUT2D eigenvalue weighted by Gasteiger charge is -2.06. The molecule has 0 fully saturated rings. The predicted octanol–water partition coefficient (Wildman–Crippen LogP) is 7.82. The van der Waals surface area contributed by atoms with Crippen molar-refractivity contribution in [3.8, 4) is 0 Å². The van der Waals surface area contributed by atoms with Crippen LogP contribution in [0, 0.1) is 0 Å². The Kier molecular flexibility index (Phi) is 28.3. The third kappa shape index (κ3) is 30.4. The van der Waals surface area contributed by atoms with E-state index in [4.69, 9.17) is 15.3 Å². The number of carbonyl (C=O) groups is 2. The van der Waals surface area contributed by atoms with Gasteiger partial charge in [-0.25, -0.2) is 9.59 Å². The van der Waals surface area contributed by atoms with Gasteiger partial charge in [0.2, 0.25) is 0 Å². The zero-order chi connectivity index (χ0) is 27.4. The molecule has 4 N–H and O–H groups in total. The molecule has 0 heterocycles. The molecule has 0 amide bonds. The van der Waals surface area contributed by atoms with E-state index < -0.39 is 18.0 Å². The van der Waals surface area contributed by atoms with Gasteiger partial charge in [-0.1, -0.05) is 122 Å². The maximum atomic E-state index is 10.7. The van der Waals surface area contributed by atoms with Crippen LogP contribution in [0.3, 0.4) is 0 Å². The summed E-state index contributed by atoms with van der Waals surface area (Å²) in [5.74, 6) is -1.89. The smallest absolute Gasteiger partial charge is 0.331 e. The molecule has 0 aromatic heterocycles. The van der Waals surface area contributed by atoms with Crippen molar-refractivity contribution in [2.24, 2.45) is 0 Å². The van der Waals surface area contributed by atoms with E-state index in [-0.39, 0.29) is 11.1 Å². The molecule has 0 aromatic rings. The second-order valence-corrected chi connectivity index (χ2v) is 10.0. The summed E-state index contributed by atoms with van der Waals surface area (Å²) < 4.78 is 0. The van der Waals surface area contributed by atoms with Gasteiger partial charge in [-0.15, -0.1) is 0 Å². The van der Waals surface area contributed by atoms with Crippen molar-refractivity contribution in [3.05, 3.63) is 23.8 Å². The van der Waals surface area contributed by atoms with Crippen molar-refractivity contribution in [2.45, 2.75) is 148 Å². The molecule has 0 bridgehead atoms. The number of unbranched alkanes of at least 4 members (excludes halogenated alkanes) is 18. The van der Waals surface area contributed by atoms with Gasteiger partial charge >= 0.3 is 11.9 Å². The molecule has 0 radical (unpaired) electrons. The van der Waals surface area contributed by atoms with Gasteiger partial charge in [-0.3, -0.25) is 0 Å². The zero-order valence-corrected chi connectivity index (χ0v) is 23.3. The van der Waals surface area contributed by atoms with Crippen LogP contribution in [0.1, 0.15) is 142 Å². The highest BCUT2D eigenvalue weighted by Gasteiger charge is 2.05. The van der Waals surface area contributed by atoms with Gasteiger partial charge in [-0.05, 0) is 32.8 Å². The highest BCUT2D eigenvalue weighted by Crippen LogP contribution is 2.15. The topological polar surface area (TPSA) is 115 Å². The van der Waals surface area contributed by atoms with Crippen LogP contribution in [0.2, 0.25) is 0 Å². The summed E-state index contributed by atoms with van der Waals surface area (Å²) >= 11 is 0. The summed E-state index contributed by atoms with van der Waals surface area (Å²) in [7, 11) is 0. The molecule has 0 aromatic carbocycles. The van der Waals surface area contributed by atoms with Crippen molar-refractivity contribution >= 4 is 11.9 Å². The van der Waals surface area contributed by atoms with E-state index in [1.807, 2.05) is 0 Å². The monoisotopic (exact) mass is 512 g/mol. The third-order valence-corrected chi connectivity index (χ3v) is 6.30. The Morgan fingerprint density at radius 2 is 0.889 bits per heavy atom. The lowest BCUT2D eigenvalue weighted by molar-refractivity contribution is -0.133. The molecule has 1 unspecified atom stereocenters. The Morgan fingerprint density at radius 1 is 0.611 bits per heavy atom. The second kappa shape index (κ2) is 27.9. The van der Waals surface area contributed by atoms with Crippen molar-refractivity contribution in [1.82, 2.24) is 0 Å². The number of carboxylic acid groups (broad SMARTS) is 2. The number of aliphatic hydroxyl groups is 2. The van der Waals surface area contributed by atoms with Gasteiger partial charge in [0.05, 0.1) is 6.10 Å². The molecule has 0 aliphatic rings. The molecule has 36 heavy (non-hydrogen) atoms. The minimum absolute atomic E-state index is 0.176. The molecule has 212 valence electrons.